The van der Waals surface area contributed by atoms with Gasteiger partial charge in [-0.1, -0.05) is 24.3 Å². The number of hydrogen-bond acceptors (Lipinski definition) is 4. The lowest BCUT2D eigenvalue weighted by molar-refractivity contribution is -0.118. The summed E-state index contributed by atoms with van der Waals surface area (Å²) in [5.41, 5.74) is 5.91. The molecule has 1 saturated heterocycles. The van der Waals surface area contributed by atoms with Crippen LogP contribution in [0, 0.1) is 5.82 Å². The smallest absolute Gasteiger partial charge is 0.244 e. The van der Waals surface area contributed by atoms with Crippen molar-refractivity contribution in [2.75, 3.05) is 17.7 Å². The van der Waals surface area contributed by atoms with Crippen LogP contribution in [0.15, 0.2) is 36.4 Å². The normalized spacial score (nSPS) is 25.3. The number of allylic oxidation sites excluding steroid dienone is 2. The van der Waals surface area contributed by atoms with Gasteiger partial charge in [0.25, 0.3) is 0 Å². The van der Waals surface area contributed by atoms with E-state index in [2.05, 4.69) is 0 Å². The van der Waals surface area contributed by atoms with E-state index in [-0.39, 0.29) is 41.6 Å². The van der Waals surface area contributed by atoms with Gasteiger partial charge < -0.3 is 10.6 Å². The maximum Gasteiger partial charge on any atom is 0.244 e. The molecular formula is C17H20ClF2N3O3S. The highest BCUT2D eigenvalue weighted by atomic mass is 35.5. The molecule has 1 aromatic carbocycles. The average Bonchev–Trinajstić information content (AvgIpc) is 2.85. The van der Waals surface area contributed by atoms with Crippen LogP contribution in [0.3, 0.4) is 0 Å². The molecule has 3 rings (SSSR count). The minimum atomic E-state index is -3.83. The number of carbonyl (C=O) groups is 1. The maximum absolute atomic E-state index is 15.3. The number of nitrogens with two attached hydrogens (primary N) is 1. The van der Waals surface area contributed by atoms with Gasteiger partial charge in [-0.2, -0.15) is 4.72 Å². The molecule has 0 bridgehead atoms. The Labute approximate surface area is 162 Å². The molecule has 2 atom stereocenters. The summed E-state index contributed by atoms with van der Waals surface area (Å²) in [6.45, 7) is 0.310. The predicted molar refractivity (Wildman–Crippen MR) is 102 cm³/mol. The summed E-state index contributed by atoms with van der Waals surface area (Å²) in [5.74, 6) is -3.44. The Hall–Kier alpha value is -1.81. The highest BCUT2D eigenvalue weighted by Crippen LogP contribution is 2.37. The molecule has 2 aliphatic rings. The van der Waals surface area contributed by atoms with E-state index in [1.807, 2.05) is 4.72 Å². The lowest BCUT2D eigenvalue weighted by Gasteiger charge is -2.30. The van der Waals surface area contributed by atoms with Crippen molar-refractivity contribution in [3.63, 3.8) is 0 Å². The molecule has 1 aliphatic carbocycles. The van der Waals surface area contributed by atoms with Crippen molar-refractivity contribution in [2.24, 2.45) is 5.73 Å². The monoisotopic (exact) mass is 419 g/mol. The van der Waals surface area contributed by atoms with Crippen LogP contribution < -0.4 is 15.4 Å². The first-order valence-corrected chi connectivity index (χ1v) is 9.92. The second-order valence-corrected chi connectivity index (χ2v) is 8.19. The molecule has 1 aromatic rings. The van der Waals surface area contributed by atoms with Gasteiger partial charge in [-0.25, -0.2) is 17.2 Å². The summed E-state index contributed by atoms with van der Waals surface area (Å²) in [5, 5.41) is 0. The third-order valence-electron chi connectivity index (χ3n) is 4.37. The van der Waals surface area contributed by atoms with E-state index in [9.17, 15) is 17.6 Å². The average molecular weight is 420 g/mol. The lowest BCUT2D eigenvalue weighted by Crippen LogP contribution is -2.45. The van der Waals surface area contributed by atoms with Crippen molar-refractivity contribution in [1.82, 2.24) is 4.72 Å². The molecule has 1 aliphatic heterocycles. The van der Waals surface area contributed by atoms with Gasteiger partial charge in [0.1, 0.15) is 5.82 Å². The molecule has 0 radical (unpaired) electrons. The molecule has 1 amide bonds. The Morgan fingerprint density at radius 1 is 1.37 bits per heavy atom. The maximum atomic E-state index is 15.3. The molecule has 0 aromatic heterocycles. The van der Waals surface area contributed by atoms with E-state index in [1.165, 1.54) is 29.2 Å². The van der Waals surface area contributed by atoms with Crippen LogP contribution in [-0.2, 0) is 14.8 Å². The number of benzene rings is 1. The van der Waals surface area contributed by atoms with Gasteiger partial charge in [0.2, 0.25) is 21.7 Å². The lowest BCUT2D eigenvalue weighted by atomic mass is 9.90. The molecule has 0 saturated carbocycles. The highest BCUT2D eigenvalue weighted by molar-refractivity contribution is 7.88. The van der Waals surface area contributed by atoms with Gasteiger partial charge in [0.15, 0.2) is 0 Å². The number of nitrogens with zero attached hydrogens (tertiary/aromatic N) is 1. The molecule has 148 valence electrons. The van der Waals surface area contributed by atoms with Crippen molar-refractivity contribution in [1.29, 1.82) is 0 Å². The van der Waals surface area contributed by atoms with Crippen LogP contribution in [0.4, 0.5) is 14.5 Å². The summed E-state index contributed by atoms with van der Waals surface area (Å²) in [4.78, 5) is 13.2. The summed E-state index contributed by atoms with van der Waals surface area (Å²) in [7, 11) is -3.83. The fourth-order valence-corrected chi connectivity index (χ4v) is 3.97. The van der Waals surface area contributed by atoms with Gasteiger partial charge in [0, 0.05) is 18.5 Å². The third-order valence-corrected chi connectivity index (χ3v) is 5.06. The van der Waals surface area contributed by atoms with Crippen LogP contribution in [0.1, 0.15) is 18.4 Å². The number of carbonyl (C=O) groups excluding carboxylic acids is 1. The first-order chi connectivity index (χ1) is 12.1. The topological polar surface area (TPSA) is 92.5 Å². The van der Waals surface area contributed by atoms with Crippen LogP contribution in [0.2, 0.25) is 0 Å². The molecule has 10 heteroatoms. The molecule has 0 spiro atoms. The summed E-state index contributed by atoms with van der Waals surface area (Å²) >= 11 is 0. The van der Waals surface area contributed by atoms with Gasteiger partial charge in [-0.15, -0.1) is 12.4 Å². The first kappa shape index (κ1) is 21.5. The SMILES string of the molecule is CS(=O)(=O)NC1(F)CC=CC=C1c1ccc(N2CCC(N)C2=O)c(F)c1.Cl. The largest absolute Gasteiger partial charge is 0.320 e. The van der Waals surface area contributed by atoms with E-state index >= 15 is 4.39 Å². The van der Waals surface area contributed by atoms with Crippen LogP contribution >= 0.6 is 12.4 Å². The molecule has 6 nitrogen and oxygen atoms in total. The highest BCUT2D eigenvalue weighted by Gasteiger charge is 2.38. The van der Waals surface area contributed by atoms with Gasteiger partial charge >= 0.3 is 0 Å². The van der Waals surface area contributed by atoms with Gasteiger partial charge in [-0.05, 0) is 24.1 Å². The first-order valence-electron chi connectivity index (χ1n) is 8.03. The third kappa shape index (κ3) is 4.37. The standard InChI is InChI=1S/C17H19F2N3O3S.ClH/c1-26(24,25)21-17(19)8-3-2-4-12(17)11-5-6-15(13(18)10-11)22-9-7-14(20)16(22)23;/h2-6,10,14,21H,7-9,20H2,1H3;1H. The quantitative estimate of drug-likeness (QED) is 0.729. The van der Waals surface area contributed by atoms with E-state index < -0.39 is 27.7 Å². The van der Waals surface area contributed by atoms with Gasteiger partial charge in [0.05, 0.1) is 18.0 Å². The van der Waals surface area contributed by atoms with Crippen LogP contribution in [-0.4, -0.2) is 39.0 Å². The number of nitrogens with one attached hydrogen (secondary N) is 1. The van der Waals surface area contributed by atoms with Crippen molar-refractivity contribution in [2.45, 2.75) is 24.7 Å². The minimum Gasteiger partial charge on any atom is -0.320 e. The van der Waals surface area contributed by atoms with Gasteiger partial charge in [-0.3, -0.25) is 4.79 Å². The Bertz CT molecular complexity index is 920. The number of alkyl halides is 1. The second kappa shape index (κ2) is 7.67. The molecule has 3 N–H and O–H groups in total. The number of sulfonamides is 1. The fraction of sp³-hybridized carbons (Fsp3) is 0.353. The molecule has 2 unspecified atom stereocenters. The zero-order valence-corrected chi connectivity index (χ0v) is 16.1. The second-order valence-electron chi connectivity index (χ2n) is 6.44. The minimum absolute atomic E-state index is 0. The van der Waals surface area contributed by atoms with E-state index in [4.69, 9.17) is 5.73 Å². The van der Waals surface area contributed by atoms with Crippen LogP contribution in [0.25, 0.3) is 5.57 Å². The van der Waals surface area contributed by atoms with Crippen LogP contribution in [0.5, 0.6) is 0 Å². The zero-order valence-electron chi connectivity index (χ0n) is 14.5. The fourth-order valence-electron chi connectivity index (χ4n) is 3.19. The van der Waals surface area contributed by atoms with Crippen molar-refractivity contribution < 1.29 is 22.0 Å². The van der Waals surface area contributed by atoms with Crippen molar-refractivity contribution in [3.8, 4) is 0 Å². The summed E-state index contributed by atoms with van der Waals surface area (Å²) in [6.07, 6.45) is 5.53. The summed E-state index contributed by atoms with van der Waals surface area (Å²) < 4.78 is 54.8. The van der Waals surface area contributed by atoms with E-state index in [1.54, 1.807) is 6.08 Å². The van der Waals surface area contributed by atoms with Crippen molar-refractivity contribution in [3.05, 3.63) is 47.8 Å². The van der Waals surface area contributed by atoms with Crippen molar-refractivity contribution >= 4 is 39.6 Å². The molecule has 27 heavy (non-hydrogen) atoms. The number of anilines is 1. The molecular weight excluding hydrogens is 400 g/mol. The Kier molecular flexibility index (Phi) is 6.10. The van der Waals surface area contributed by atoms with E-state index in [0.717, 1.165) is 12.3 Å². The zero-order chi connectivity index (χ0) is 19.1. The molecule has 1 heterocycles. The number of amides is 1. The van der Waals surface area contributed by atoms with E-state index in [0.29, 0.717) is 13.0 Å². The Morgan fingerprint density at radius 2 is 2.07 bits per heavy atom. The number of halogens is 3. The molecule has 1 fully saturated rings. The Morgan fingerprint density at radius 3 is 2.63 bits per heavy atom. The number of hydrogen-bond donors (Lipinski definition) is 2. The number of rotatable bonds is 4. The Balaban J connectivity index is 0.00000261. The summed E-state index contributed by atoms with van der Waals surface area (Å²) in [6, 6.07) is 3.27. The predicted octanol–water partition coefficient (Wildman–Crippen LogP) is 1.87.